The largest absolute Gasteiger partial charge is 0.350 e. The second-order valence-corrected chi connectivity index (χ2v) is 10.3. The van der Waals surface area contributed by atoms with Crippen LogP contribution in [0.3, 0.4) is 0 Å². The van der Waals surface area contributed by atoms with Gasteiger partial charge in [-0.3, -0.25) is 9.59 Å². The molecule has 0 aliphatic carbocycles. The van der Waals surface area contributed by atoms with Crippen LogP contribution in [0.5, 0.6) is 0 Å². The quantitative estimate of drug-likeness (QED) is 0.483. The van der Waals surface area contributed by atoms with E-state index in [4.69, 9.17) is 0 Å². The Hall–Kier alpha value is -1.86. The van der Waals surface area contributed by atoms with Crippen LogP contribution >= 0.6 is 27.7 Å². The third-order valence-electron chi connectivity index (χ3n) is 4.56. The Kier molecular flexibility index (Phi) is 9.56. The average Bonchev–Trinajstić information content (AvgIpc) is 2.69. The van der Waals surface area contributed by atoms with Gasteiger partial charge in [-0.15, -0.1) is 11.8 Å². The Bertz CT molecular complexity index is 867. The van der Waals surface area contributed by atoms with E-state index in [1.807, 2.05) is 52.0 Å². The first-order chi connectivity index (χ1) is 14.6. The molecule has 1 unspecified atom stereocenters. The number of carbonyl (C=O) groups excluding carboxylic acids is 2. The highest BCUT2D eigenvalue weighted by Gasteiger charge is 2.30. The summed E-state index contributed by atoms with van der Waals surface area (Å²) < 4.78 is 14.3. The molecule has 7 heteroatoms. The number of rotatable bonds is 9. The molecule has 0 saturated heterocycles. The maximum atomic E-state index is 13.3. The van der Waals surface area contributed by atoms with E-state index in [1.165, 1.54) is 23.9 Å². The zero-order chi connectivity index (χ0) is 23.0. The van der Waals surface area contributed by atoms with Crippen molar-refractivity contribution in [1.82, 2.24) is 10.2 Å². The number of amides is 2. The summed E-state index contributed by atoms with van der Waals surface area (Å²) in [5, 5.41) is 2.98. The molecule has 1 N–H and O–H groups in total. The molecule has 0 spiro atoms. The van der Waals surface area contributed by atoms with Gasteiger partial charge in [0.2, 0.25) is 11.8 Å². The molecule has 0 bridgehead atoms. The van der Waals surface area contributed by atoms with Crippen molar-refractivity contribution < 1.29 is 14.0 Å². The second-order valence-electron chi connectivity index (χ2n) is 8.43. The molecule has 2 aromatic rings. The van der Waals surface area contributed by atoms with Crippen molar-refractivity contribution in [3.05, 3.63) is 69.9 Å². The monoisotopic (exact) mass is 508 g/mol. The zero-order valence-corrected chi connectivity index (χ0v) is 20.9. The molecule has 0 radical (unpaired) electrons. The third kappa shape index (κ3) is 8.65. The van der Waals surface area contributed by atoms with Crippen LogP contribution in [-0.4, -0.2) is 34.0 Å². The smallest absolute Gasteiger partial charge is 0.243 e. The van der Waals surface area contributed by atoms with Crippen molar-refractivity contribution in [2.75, 3.05) is 5.75 Å². The highest BCUT2D eigenvalue weighted by atomic mass is 79.9. The average molecular weight is 509 g/mol. The molecule has 0 saturated carbocycles. The van der Waals surface area contributed by atoms with Gasteiger partial charge in [0.25, 0.3) is 0 Å². The van der Waals surface area contributed by atoms with Crippen molar-refractivity contribution in [3.8, 4) is 0 Å². The predicted molar refractivity (Wildman–Crippen MR) is 129 cm³/mol. The van der Waals surface area contributed by atoms with E-state index < -0.39 is 11.6 Å². The first kappa shape index (κ1) is 25.4. The van der Waals surface area contributed by atoms with E-state index in [-0.39, 0.29) is 29.9 Å². The van der Waals surface area contributed by atoms with Gasteiger partial charge < -0.3 is 10.2 Å². The maximum Gasteiger partial charge on any atom is 0.243 e. The van der Waals surface area contributed by atoms with E-state index in [0.29, 0.717) is 12.2 Å². The Morgan fingerprint density at radius 3 is 2.19 bits per heavy atom. The van der Waals surface area contributed by atoms with Crippen LogP contribution in [0.4, 0.5) is 4.39 Å². The molecule has 0 aromatic heterocycles. The van der Waals surface area contributed by atoms with Crippen LogP contribution in [0.15, 0.2) is 53.0 Å². The molecule has 0 aliphatic heterocycles. The summed E-state index contributed by atoms with van der Waals surface area (Å²) in [6, 6.07) is 13.4. The molecule has 0 heterocycles. The minimum atomic E-state index is -0.593. The van der Waals surface area contributed by atoms with E-state index in [9.17, 15) is 14.0 Å². The lowest BCUT2D eigenvalue weighted by Crippen LogP contribution is -2.53. The summed E-state index contributed by atoms with van der Waals surface area (Å²) in [5.74, 6) is 0.347. The molecular formula is C24H30BrFN2O2S. The Balaban J connectivity index is 2.14. The Labute approximate surface area is 197 Å². The normalized spacial score (nSPS) is 12.3. The number of hydrogen-bond acceptors (Lipinski definition) is 3. The van der Waals surface area contributed by atoms with E-state index in [1.54, 1.807) is 17.0 Å². The van der Waals surface area contributed by atoms with Crippen molar-refractivity contribution in [2.45, 2.75) is 58.0 Å². The summed E-state index contributed by atoms with van der Waals surface area (Å²) in [5.41, 5.74) is 1.52. The topological polar surface area (TPSA) is 49.4 Å². The number of nitrogens with one attached hydrogen (secondary N) is 1. The molecule has 31 heavy (non-hydrogen) atoms. The number of benzene rings is 2. The van der Waals surface area contributed by atoms with E-state index in [2.05, 4.69) is 21.2 Å². The lowest BCUT2D eigenvalue weighted by molar-refractivity contribution is -0.140. The molecule has 4 nitrogen and oxygen atoms in total. The van der Waals surface area contributed by atoms with Gasteiger partial charge in [-0.05, 0) is 62.6 Å². The highest BCUT2D eigenvalue weighted by Crippen LogP contribution is 2.19. The number of thioether (sulfide) groups is 1. The lowest BCUT2D eigenvalue weighted by Gasteiger charge is -2.33. The Morgan fingerprint density at radius 2 is 1.65 bits per heavy atom. The second kappa shape index (κ2) is 11.7. The number of nitrogens with zero attached hydrogens (tertiary/aromatic N) is 1. The fraction of sp³-hybridized carbons (Fsp3) is 0.417. The van der Waals surface area contributed by atoms with Crippen molar-refractivity contribution in [3.63, 3.8) is 0 Å². The minimum Gasteiger partial charge on any atom is -0.350 e. The summed E-state index contributed by atoms with van der Waals surface area (Å²) >= 11 is 4.94. The maximum absolute atomic E-state index is 13.3. The molecule has 0 aliphatic rings. The van der Waals surface area contributed by atoms with Gasteiger partial charge in [0.05, 0.1) is 5.75 Å². The van der Waals surface area contributed by atoms with Crippen molar-refractivity contribution in [1.29, 1.82) is 0 Å². The SMILES string of the molecule is CCC(C(=O)NC(C)(C)C)N(Cc1ccc(F)cc1)C(=O)CSCc1ccc(Br)cc1. The van der Waals surface area contributed by atoms with Crippen molar-refractivity contribution >= 4 is 39.5 Å². The van der Waals surface area contributed by atoms with Crippen LogP contribution in [0, 0.1) is 5.82 Å². The van der Waals surface area contributed by atoms with Gasteiger partial charge in [0, 0.05) is 22.3 Å². The van der Waals surface area contributed by atoms with Crippen molar-refractivity contribution in [2.24, 2.45) is 0 Å². The van der Waals surface area contributed by atoms with Gasteiger partial charge in [0.15, 0.2) is 0 Å². The van der Waals surface area contributed by atoms with Crippen LogP contribution in [0.25, 0.3) is 0 Å². The molecule has 168 valence electrons. The Morgan fingerprint density at radius 1 is 1.06 bits per heavy atom. The molecule has 0 fully saturated rings. The van der Waals surface area contributed by atoms with Crippen LogP contribution in [-0.2, 0) is 21.9 Å². The number of carbonyl (C=O) groups is 2. The third-order valence-corrected chi connectivity index (χ3v) is 6.08. The van der Waals surface area contributed by atoms with E-state index >= 15 is 0 Å². The lowest BCUT2D eigenvalue weighted by atomic mass is 10.1. The van der Waals surface area contributed by atoms with Crippen LogP contribution < -0.4 is 5.32 Å². The summed E-state index contributed by atoms with van der Waals surface area (Å²) in [7, 11) is 0. The fourth-order valence-electron chi connectivity index (χ4n) is 3.08. The van der Waals surface area contributed by atoms with Gasteiger partial charge in [-0.2, -0.15) is 0 Å². The van der Waals surface area contributed by atoms with Gasteiger partial charge >= 0.3 is 0 Å². The van der Waals surface area contributed by atoms with E-state index in [0.717, 1.165) is 15.6 Å². The number of hydrogen-bond donors (Lipinski definition) is 1. The van der Waals surface area contributed by atoms with Gasteiger partial charge in [-0.1, -0.05) is 47.1 Å². The highest BCUT2D eigenvalue weighted by molar-refractivity contribution is 9.10. The molecule has 2 rings (SSSR count). The minimum absolute atomic E-state index is 0.109. The summed E-state index contributed by atoms with van der Waals surface area (Å²) in [6.07, 6.45) is 0.492. The first-order valence-corrected chi connectivity index (χ1v) is 12.2. The fourth-order valence-corrected chi connectivity index (χ4v) is 4.21. The summed E-state index contributed by atoms with van der Waals surface area (Å²) in [4.78, 5) is 27.7. The standard InChI is InChI=1S/C24H30BrFN2O2S/c1-5-21(23(30)27-24(2,3)4)28(14-17-8-12-20(26)13-9-17)22(29)16-31-15-18-6-10-19(25)11-7-18/h6-13,21H,5,14-16H2,1-4H3,(H,27,30). The predicted octanol–water partition coefficient (Wildman–Crippen LogP) is 5.54. The van der Waals surface area contributed by atoms with Crippen LogP contribution in [0.2, 0.25) is 0 Å². The zero-order valence-electron chi connectivity index (χ0n) is 18.5. The van der Waals surface area contributed by atoms with Gasteiger partial charge in [-0.25, -0.2) is 4.39 Å². The molecule has 1 atom stereocenters. The van der Waals surface area contributed by atoms with Crippen LogP contribution in [0.1, 0.15) is 45.2 Å². The first-order valence-electron chi connectivity index (χ1n) is 10.3. The summed E-state index contributed by atoms with van der Waals surface area (Å²) in [6.45, 7) is 7.90. The molecular weight excluding hydrogens is 479 g/mol. The molecule has 2 aromatic carbocycles. The number of halogens is 2. The molecule has 2 amide bonds. The van der Waals surface area contributed by atoms with Gasteiger partial charge in [0.1, 0.15) is 11.9 Å².